The lowest BCUT2D eigenvalue weighted by Gasteiger charge is -2.30. The van der Waals surface area contributed by atoms with Gasteiger partial charge in [0.05, 0.1) is 14.2 Å². The lowest BCUT2D eigenvalue weighted by Crippen LogP contribution is -2.49. The third-order valence-electron chi connectivity index (χ3n) is 3.24. The van der Waals surface area contributed by atoms with Crippen LogP contribution in [0.5, 0.6) is 0 Å². The number of carbonyl (C=O) groups is 4. The Morgan fingerprint density at radius 1 is 1.14 bits per heavy atom. The highest BCUT2D eigenvalue weighted by molar-refractivity contribution is 7.80. The summed E-state index contributed by atoms with van der Waals surface area (Å²) in [5, 5.41) is 16.5. The number of hydrogen-bond acceptors (Lipinski definition) is 10. The molecule has 0 rings (SSSR count). The number of ether oxygens (including phenoxy) is 3. The maximum atomic E-state index is 12.1. The van der Waals surface area contributed by atoms with E-state index in [1.54, 1.807) is 20.8 Å². The Balaban J connectivity index is 4.84. The molecular weight excluding hydrogens is 406 g/mol. The lowest BCUT2D eigenvalue weighted by molar-refractivity contribution is -0.261. The molecule has 0 unspecified atom stereocenters. The highest BCUT2D eigenvalue weighted by atomic mass is 32.1. The predicted molar refractivity (Wildman–Crippen MR) is 104 cm³/mol. The van der Waals surface area contributed by atoms with Gasteiger partial charge in [-0.2, -0.15) is 12.6 Å². The summed E-state index contributed by atoms with van der Waals surface area (Å²) < 4.78 is 14.0. The molecule has 0 radical (unpaired) electrons. The third kappa shape index (κ3) is 11.8. The lowest BCUT2D eigenvalue weighted by atomic mass is 10.1. The summed E-state index contributed by atoms with van der Waals surface area (Å²) in [6, 6.07) is -2.24. The Labute approximate surface area is 175 Å². The Hall–Kier alpha value is -2.50. The summed E-state index contributed by atoms with van der Waals surface area (Å²) >= 11 is 3.99. The number of hydrogen-bond donors (Lipinski definition) is 3. The van der Waals surface area contributed by atoms with Crippen LogP contribution in [-0.2, 0) is 33.4 Å². The Kier molecular flexibility index (Phi) is 11.8. The number of nitrogens with zero attached hydrogens (tertiary/aromatic N) is 1. The van der Waals surface area contributed by atoms with Gasteiger partial charge in [0.2, 0.25) is 11.8 Å². The standard InChI is InChI=1S/C17H29N3O8S/c1-17(2,3)28-16(25)20-10(15(24)27-5)6-7-12(21)19-11(9-29)14(23)18-8-13(22)26-4/h10-11,29H,6-9H2,1-5H3,(H,18,23)(H,19,21)(H,20,25)/p-1/t10-,11-/m0/s1. The van der Waals surface area contributed by atoms with E-state index in [0.29, 0.717) is 0 Å². The second kappa shape index (κ2) is 12.9. The quantitative estimate of drug-likeness (QED) is 0.163. The van der Waals surface area contributed by atoms with Crippen molar-refractivity contribution in [1.29, 1.82) is 0 Å². The van der Waals surface area contributed by atoms with E-state index in [1.165, 1.54) is 7.11 Å². The normalized spacial score (nSPS) is 13.7. The second-order valence-corrected chi connectivity index (χ2v) is 7.15. The first-order chi connectivity index (χ1) is 13.4. The van der Waals surface area contributed by atoms with Gasteiger partial charge in [-0.1, -0.05) is 20.8 Å². The fourth-order valence-corrected chi connectivity index (χ4v) is 2.13. The third-order valence-corrected chi connectivity index (χ3v) is 3.61. The molecule has 0 spiro atoms. The number of esters is 2. The van der Waals surface area contributed by atoms with Crippen molar-refractivity contribution < 1.29 is 38.5 Å². The van der Waals surface area contributed by atoms with Crippen molar-refractivity contribution in [2.45, 2.75) is 51.3 Å². The van der Waals surface area contributed by atoms with E-state index in [1.807, 2.05) is 0 Å². The van der Waals surface area contributed by atoms with Crippen molar-refractivity contribution in [3.05, 3.63) is 0 Å². The van der Waals surface area contributed by atoms with Crippen molar-refractivity contribution in [2.75, 3.05) is 26.5 Å². The summed E-state index contributed by atoms with van der Waals surface area (Å²) in [6.07, 6.45) is -1.31. The smallest absolute Gasteiger partial charge is 0.330 e. The zero-order valence-electron chi connectivity index (χ0n) is 17.1. The van der Waals surface area contributed by atoms with Crippen molar-refractivity contribution in [3.63, 3.8) is 0 Å². The number of rotatable bonds is 10. The van der Waals surface area contributed by atoms with Crippen LogP contribution in [0.4, 0.5) is 0 Å². The van der Waals surface area contributed by atoms with Crippen LogP contribution in [0, 0.1) is 0 Å². The van der Waals surface area contributed by atoms with Gasteiger partial charge in [0.15, 0.2) is 0 Å². The average Bonchev–Trinajstić information content (AvgIpc) is 2.64. The second-order valence-electron chi connectivity index (χ2n) is 6.78. The molecule has 2 atom stereocenters. The van der Waals surface area contributed by atoms with Crippen LogP contribution in [0.15, 0.2) is 4.99 Å². The first-order valence-electron chi connectivity index (χ1n) is 8.69. The molecule has 11 nitrogen and oxygen atoms in total. The highest BCUT2D eigenvalue weighted by Gasteiger charge is 2.23. The summed E-state index contributed by atoms with van der Waals surface area (Å²) in [5.74, 6) is -2.67. The van der Waals surface area contributed by atoms with E-state index in [2.05, 4.69) is 37.7 Å². The van der Waals surface area contributed by atoms with Crippen LogP contribution >= 0.6 is 12.6 Å². The fourth-order valence-electron chi connectivity index (χ4n) is 1.87. The summed E-state index contributed by atoms with van der Waals surface area (Å²) in [6.45, 7) is 4.58. The molecule has 0 saturated heterocycles. The Morgan fingerprint density at radius 2 is 1.76 bits per heavy atom. The first kappa shape index (κ1) is 26.5. The molecule has 0 aliphatic carbocycles. The Morgan fingerprint density at radius 3 is 2.24 bits per heavy atom. The van der Waals surface area contributed by atoms with E-state index in [-0.39, 0.29) is 25.1 Å². The molecule has 29 heavy (non-hydrogen) atoms. The number of methoxy groups -OCH3 is 2. The summed E-state index contributed by atoms with van der Waals surface area (Å²) in [4.78, 5) is 50.6. The average molecular weight is 434 g/mol. The van der Waals surface area contributed by atoms with Crippen LogP contribution in [0.25, 0.3) is 0 Å². The molecule has 0 aromatic rings. The largest absolute Gasteiger partial charge is 0.595 e. The molecular formula is C17H28N3O8S-. The van der Waals surface area contributed by atoms with Crippen molar-refractivity contribution in [3.8, 4) is 0 Å². The van der Waals surface area contributed by atoms with E-state index in [9.17, 15) is 24.3 Å². The fraction of sp³-hybridized carbons (Fsp3) is 0.706. The van der Waals surface area contributed by atoms with Gasteiger partial charge in [-0.25, -0.2) is 4.79 Å². The van der Waals surface area contributed by atoms with Gasteiger partial charge < -0.3 is 30.0 Å². The minimum absolute atomic E-state index is 0.0263. The van der Waals surface area contributed by atoms with Crippen molar-refractivity contribution in [2.24, 2.45) is 4.99 Å². The topological polar surface area (TPSA) is 155 Å². The van der Waals surface area contributed by atoms with Gasteiger partial charge in [0, 0.05) is 17.8 Å². The molecule has 0 saturated carbocycles. The molecule has 12 heteroatoms. The number of thiol groups is 1. The molecule has 0 aromatic heterocycles. The summed E-state index contributed by atoms with van der Waals surface area (Å²) in [5.41, 5.74) is -0.796. The van der Waals surface area contributed by atoms with Crippen LogP contribution in [0.3, 0.4) is 0 Å². The molecule has 166 valence electrons. The highest BCUT2D eigenvalue weighted by Crippen LogP contribution is 2.09. The first-order valence-corrected chi connectivity index (χ1v) is 9.33. The van der Waals surface area contributed by atoms with E-state index >= 15 is 0 Å². The maximum absolute atomic E-state index is 12.1. The molecule has 2 amide bonds. The predicted octanol–water partition coefficient (Wildman–Crippen LogP) is -1.46. The maximum Gasteiger partial charge on any atom is 0.330 e. The van der Waals surface area contributed by atoms with Crippen molar-refractivity contribution in [1.82, 2.24) is 10.6 Å². The van der Waals surface area contributed by atoms with Gasteiger partial charge in [-0.05, 0) is 6.42 Å². The number of carbonyl (C=O) groups excluding carboxylic acids is 4. The zero-order valence-corrected chi connectivity index (χ0v) is 18.0. The zero-order chi connectivity index (χ0) is 22.6. The van der Waals surface area contributed by atoms with E-state index in [0.717, 1.165) is 7.11 Å². The van der Waals surface area contributed by atoms with Gasteiger partial charge in [-0.15, -0.1) is 0 Å². The van der Waals surface area contributed by atoms with Gasteiger partial charge in [0.1, 0.15) is 24.7 Å². The minimum Gasteiger partial charge on any atom is -0.595 e. The van der Waals surface area contributed by atoms with Gasteiger partial charge in [-0.3, -0.25) is 19.4 Å². The molecule has 2 N–H and O–H groups in total. The van der Waals surface area contributed by atoms with Gasteiger partial charge >= 0.3 is 11.9 Å². The molecule has 0 aliphatic rings. The molecule has 0 aromatic carbocycles. The van der Waals surface area contributed by atoms with Crippen LogP contribution in [0.1, 0.15) is 33.6 Å². The SMILES string of the molecule is COC(=O)CNC(=O)[C@H](CS)NC(=O)CC[C@H](N=C([O-])OC(C)(C)C)C(=O)OC. The molecule has 0 aliphatic heterocycles. The van der Waals surface area contributed by atoms with E-state index in [4.69, 9.17) is 4.74 Å². The van der Waals surface area contributed by atoms with Crippen LogP contribution in [0.2, 0.25) is 0 Å². The van der Waals surface area contributed by atoms with Gasteiger partial charge in [0.25, 0.3) is 0 Å². The Bertz CT molecular complexity index is 618. The molecule has 0 heterocycles. The number of amides is 2. The molecule has 0 bridgehead atoms. The minimum atomic E-state index is -1.23. The van der Waals surface area contributed by atoms with Crippen LogP contribution in [-0.4, -0.2) is 74.0 Å². The monoisotopic (exact) mass is 434 g/mol. The van der Waals surface area contributed by atoms with E-state index < -0.39 is 47.5 Å². The summed E-state index contributed by atoms with van der Waals surface area (Å²) in [7, 11) is 2.30. The number of aliphatic imine (C=N–C) groups is 1. The van der Waals surface area contributed by atoms with Crippen molar-refractivity contribution >= 4 is 42.5 Å². The molecule has 0 fully saturated rings. The number of nitrogens with one attached hydrogen (secondary N) is 2. The van der Waals surface area contributed by atoms with Crippen LogP contribution < -0.4 is 15.7 Å².